The third-order valence-electron chi connectivity index (χ3n) is 16.0. The summed E-state index contributed by atoms with van der Waals surface area (Å²) in [6.07, 6.45) is 0.464. The van der Waals surface area contributed by atoms with Crippen molar-refractivity contribution in [3.8, 4) is 33.4 Å². The van der Waals surface area contributed by atoms with Gasteiger partial charge in [-0.2, -0.15) is 115 Å². The van der Waals surface area contributed by atoms with Crippen LogP contribution in [0.3, 0.4) is 0 Å². The number of hydrogen-bond acceptors (Lipinski definition) is 9. The molecule has 0 saturated heterocycles. The van der Waals surface area contributed by atoms with Crippen molar-refractivity contribution in [2.75, 3.05) is 50.9 Å². The van der Waals surface area contributed by atoms with Gasteiger partial charge in [-0.3, -0.25) is 15.0 Å². The number of para-hydroxylation sites is 6. The molecule has 0 unspecified atom stereocenters. The molecule has 6 heterocycles. The van der Waals surface area contributed by atoms with E-state index in [0.717, 1.165) is 101 Å². The number of nitrogens with zero attached hydrogens (tertiary/aromatic N) is 12. The largest absolute Gasteiger partial charge is 0.330 e. The summed E-state index contributed by atoms with van der Waals surface area (Å²) in [6, 6.07) is 82.0. The van der Waals surface area contributed by atoms with Crippen LogP contribution in [0.4, 0.5) is 34.9 Å². The molecule has 0 bridgehead atoms. The summed E-state index contributed by atoms with van der Waals surface area (Å²) in [5, 5.41) is 6.68. The van der Waals surface area contributed by atoms with Gasteiger partial charge in [0.15, 0.2) is 0 Å². The van der Waals surface area contributed by atoms with Gasteiger partial charge in [0.1, 0.15) is 18.5 Å². The Labute approximate surface area is 685 Å². The van der Waals surface area contributed by atoms with Gasteiger partial charge in [-0.1, -0.05) is 57.2 Å². The Balaban J connectivity index is 0.000000678. The fraction of sp³-hybridized carbons (Fsp3) is 0.138. The van der Waals surface area contributed by atoms with Gasteiger partial charge in [-0.15, -0.1) is 165 Å². The van der Waals surface area contributed by atoms with Crippen LogP contribution in [0.5, 0.6) is 0 Å². The summed E-state index contributed by atoms with van der Waals surface area (Å²) in [5.41, 5.74) is 19.6. The second kappa shape index (κ2) is 45.9. The Morgan fingerprint density at radius 3 is 1.01 bits per heavy atom. The predicted octanol–water partition coefficient (Wildman–Crippen LogP) is 21.2. The third-order valence-corrected chi connectivity index (χ3v) is 16.0. The minimum absolute atomic E-state index is 0. The van der Waals surface area contributed by atoms with Gasteiger partial charge in [0.25, 0.3) is 0 Å². The Bertz CT molecular complexity index is 4240. The molecule has 0 N–H and O–H groups in total. The van der Waals surface area contributed by atoms with E-state index in [9.17, 15) is 0 Å². The number of fused-ring (bicyclic) bond motifs is 9. The van der Waals surface area contributed by atoms with E-state index in [1.54, 1.807) is 0 Å². The maximum atomic E-state index is 4.92. The molecule has 9 aromatic carbocycles. The second-order valence-corrected chi connectivity index (χ2v) is 20.9. The van der Waals surface area contributed by atoms with Crippen LogP contribution in [0.1, 0.15) is 37.5 Å². The van der Waals surface area contributed by atoms with Crippen LogP contribution in [0, 0.1) is 57.2 Å². The molecule has 0 aliphatic carbocycles. The molecule has 15 rings (SSSR count). The molecule has 3 aromatic heterocycles. The van der Waals surface area contributed by atoms with Crippen molar-refractivity contribution in [1.29, 1.82) is 0 Å². The van der Waals surface area contributed by atoms with Crippen LogP contribution >= 0.6 is 0 Å². The van der Waals surface area contributed by atoms with Crippen LogP contribution in [-0.2, 0) is 98.1 Å². The van der Waals surface area contributed by atoms with Gasteiger partial charge >= 0.3 is 0 Å². The summed E-state index contributed by atoms with van der Waals surface area (Å²) in [6.45, 7) is 67.0. The zero-order valence-electron chi connectivity index (χ0n) is 61.4. The molecule has 0 amide bonds. The van der Waals surface area contributed by atoms with Gasteiger partial charge < -0.3 is 14.7 Å². The molecule has 12 aromatic rings. The van der Waals surface area contributed by atoms with Crippen LogP contribution in [0.2, 0.25) is 0 Å². The predicted molar refractivity (Wildman–Crippen MR) is 431 cm³/mol. The average molecular weight is 1580 g/mol. The number of hydrogen-bond donors (Lipinski definition) is 0. The van der Waals surface area contributed by atoms with Crippen LogP contribution in [0.15, 0.2) is 300 Å². The molecule has 519 valence electrons. The number of benzene rings is 9. The van der Waals surface area contributed by atoms with E-state index in [1.165, 1.54) is 16.7 Å². The summed E-state index contributed by atoms with van der Waals surface area (Å²) in [7, 11) is 6.32. The van der Waals surface area contributed by atoms with E-state index in [4.69, 9.17) is 15.0 Å². The van der Waals surface area contributed by atoms with E-state index in [1.807, 2.05) is 72.8 Å². The maximum Gasteiger partial charge on any atom is 0.230 e. The number of rotatable bonds is 6. The van der Waals surface area contributed by atoms with E-state index >= 15 is 0 Å². The van der Waals surface area contributed by atoms with Crippen molar-refractivity contribution in [2.45, 2.75) is 60.0 Å². The Morgan fingerprint density at radius 2 is 0.637 bits per heavy atom. The minimum Gasteiger partial charge on any atom is -0.330 e. The van der Waals surface area contributed by atoms with Crippen molar-refractivity contribution in [2.24, 2.45) is 0 Å². The Morgan fingerprint density at radius 1 is 0.314 bits per heavy atom. The fourth-order valence-corrected chi connectivity index (χ4v) is 11.4. The Hall–Kier alpha value is -8.84. The van der Waals surface area contributed by atoms with Crippen molar-refractivity contribution in [3.63, 3.8) is 0 Å². The van der Waals surface area contributed by atoms with E-state index in [2.05, 4.69) is 370 Å². The molecule has 12 nitrogen and oxygen atoms in total. The summed E-state index contributed by atoms with van der Waals surface area (Å²) in [5.74, 6) is 2.82. The van der Waals surface area contributed by atoms with Gasteiger partial charge in [0.05, 0.1) is 33.1 Å². The molecule has 3 aliphatic heterocycles. The zero-order chi connectivity index (χ0) is 73.6. The SMILES string of the molecule is C=C.C=C.C=C.C=C.C=C.C=C.C=C.C=C.C=C.Cc1c[c-]c(-c2[c-]cccc2)cc1N1c2nc3ccccc3n2N(C)[C@@H]1C.Cc1cc(-c2[c-]cccc2)[c-]cc1N1c2nc3ccccc3n2N(C)[C@@H]1C.Cc1ccc(-c2[c-]cccc2)[c-]c1N1c2nc3ccccc3n2N(C)[C@@H]1C.[Y].[Y].[Y]. The van der Waals surface area contributed by atoms with E-state index in [0.29, 0.717) is 0 Å². The van der Waals surface area contributed by atoms with E-state index in [-0.39, 0.29) is 117 Å². The zero-order valence-corrected chi connectivity index (χ0v) is 69.9. The summed E-state index contributed by atoms with van der Waals surface area (Å²) in [4.78, 5) is 21.6. The van der Waals surface area contributed by atoms with Crippen LogP contribution < -0.4 is 29.7 Å². The van der Waals surface area contributed by atoms with Gasteiger partial charge in [-0.05, 0) is 74.2 Å². The first-order valence-corrected chi connectivity index (χ1v) is 31.9. The normalized spacial score (nSPS) is 13.2. The summed E-state index contributed by atoms with van der Waals surface area (Å²) < 4.78 is 6.58. The molecule has 3 atom stereocenters. The van der Waals surface area contributed by atoms with E-state index < -0.39 is 0 Å². The molecule has 3 radical (unpaired) electrons. The van der Waals surface area contributed by atoms with Gasteiger partial charge in [-0.25, -0.2) is 62.4 Å². The number of anilines is 6. The number of imidazole rings is 3. The smallest absolute Gasteiger partial charge is 0.230 e. The monoisotopic (exact) mass is 1580 g/mol. The van der Waals surface area contributed by atoms with Crippen LogP contribution in [-0.4, -0.2) is 68.6 Å². The Kier molecular flexibility index (Phi) is 41.0. The van der Waals surface area contributed by atoms with Crippen molar-refractivity contribution in [3.05, 3.63) is 354 Å². The van der Waals surface area contributed by atoms with Crippen molar-refractivity contribution in [1.82, 2.24) is 29.0 Å². The average Bonchev–Trinajstić information content (AvgIpc) is 1.60. The topological polar surface area (TPSA) is 72.9 Å². The molecule has 102 heavy (non-hydrogen) atoms. The first-order valence-electron chi connectivity index (χ1n) is 31.9. The first-order chi connectivity index (χ1) is 48.4. The number of aromatic nitrogens is 6. The molecule has 3 aliphatic rings. The quantitative estimate of drug-likeness (QED) is 0.120. The van der Waals surface area contributed by atoms with Gasteiger partial charge in [0.2, 0.25) is 17.8 Å². The third kappa shape index (κ3) is 19.5. The molecular formula is C87H96N12Y3-6. The van der Waals surface area contributed by atoms with Crippen molar-refractivity contribution >= 4 is 68.0 Å². The fourth-order valence-electron chi connectivity index (χ4n) is 11.4. The van der Waals surface area contributed by atoms with Gasteiger partial charge in [0, 0.05) is 119 Å². The molecule has 0 saturated carbocycles. The molecule has 0 fully saturated rings. The minimum atomic E-state index is 0. The maximum absolute atomic E-state index is 4.92. The number of aryl methyl sites for hydroxylation is 3. The van der Waals surface area contributed by atoms with Crippen molar-refractivity contribution < 1.29 is 98.1 Å². The second-order valence-electron chi connectivity index (χ2n) is 20.9. The molecular weight excluding hydrogens is 1480 g/mol. The summed E-state index contributed by atoms with van der Waals surface area (Å²) >= 11 is 0. The molecule has 15 heteroatoms. The van der Waals surface area contributed by atoms with Crippen LogP contribution in [0.25, 0.3) is 66.5 Å². The first kappa shape index (κ1) is 91.2. The standard InChI is InChI=1S/3C23H20N4.9C2H4.3Y/c1-16-15-19(18-9-5-4-6-10-18)13-14-21(16)26-17(2)25(3)27-22-12-8-7-11-20(22)24-23(26)27;2*1-16-13-14-19(18-9-5-4-6-10-18)15-22(16)26-17(2)25(3)27-21-12-8-7-11-20(21)24-23(26)27;9*1-2;;;/h4-9,11-12,14-15,17H,1-3H3;4-9,11-13,15,17H,1-3H3;4-9,11-14,17H,1-3H3;9*1-2H2;;;/q3*-2;;;;;;;;;;;;/t3*17-;;;;;;;;;;;;/m000............/s1. The molecule has 0 spiro atoms.